The van der Waals surface area contributed by atoms with Crippen LogP contribution in [0.5, 0.6) is 11.6 Å². The van der Waals surface area contributed by atoms with Crippen molar-refractivity contribution >= 4 is 0 Å². The number of nitriles is 1. The van der Waals surface area contributed by atoms with Gasteiger partial charge in [0.25, 0.3) is 0 Å². The first-order valence-electron chi connectivity index (χ1n) is 8.57. The number of hydrogen-bond acceptors (Lipinski definition) is 5. The van der Waals surface area contributed by atoms with Crippen molar-refractivity contribution in [1.82, 2.24) is 10.2 Å². The zero-order valence-electron chi connectivity index (χ0n) is 14.5. The van der Waals surface area contributed by atoms with Crippen molar-refractivity contribution in [2.45, 2.75) is 39.0 Å². The molecule has 1 aliphatic heterocycles. The SMILES string of the molecule is CCCOc1ccc(C2C(C#N)=C(N)Oc3n[nH]c(CCC)c32)cc1. The lowest BCUT2D eigenvalue weighted by Crippen LogP contribution is -2.21. The molecule has 130 valence electrons. The molecule has 0 radical (unpaired) electrons. The molecule has 0 saturated heterocycles. The predicted molar refractivity (Wildman–Crippen MR) is 94.1 cm³/mol. The average molecular weight is 338 g/mol. The number of nitrogens with zero attached hydrogens (tertiary/aromatic N) is 2. The summed E-state index contributed by atoms with van der Waals surface area (Å²) in [5, 5.41) is 16.9. The van der Waals surface area contributed by atoms with Crippen molar-refractivity contribution in [1.29, 1.82) is 5.26 Å². The summed E-state index contributed by atoms with van der Waals surface area (Å²) in [7, 11) is 0. The Bertz CT molecular complexity index is 815. The lowest BCUT2D eigenvalue weighted by atomic mass is 9.83. The number of benzene rings is 1. The van der Waals surface area contributed by atoms with Crippen molar-refractivity contribution in [3.63, 3.8) is 0 Å². The average Bonchev–Trinajstić information content (AvgIpc) is 3.02. The zero-order valence-corrected chi connectivity index (χ0v) is 14.5. The monoisotopic (exact) mass is 338 g/mol. The van der Waals surface area contributed by atoms with Crippen molar-refractivity contribution in [2.75, 3.05) is 6.61 Å². The number of aromatic nitrogens is 2. The van der Waals surface area contributed by atoms with E-state index in [9.17, 15) is 5.26 Å². The molecule has 6 heteroatoms. The van der Waals surface area contributed by atoms with Gasteiger partial charge in [-0.3, -0.25) is 5.10 Å². The Morgan fingerprint density at radius 3 is 2.68 bits per heavy atom. The quantitative estimate of drug-likeness (QED) is 0.841. The molecule has 1 aromatic heterocycles. The van der Waals surface area contributed by atoms with Crippen LogP contribution in [-0.4, -0.2) is 16.8 Å². The minimum absolute atomic E-state index is 0.112. The molecule has 6 nitrogen and oxygen atoms in total. The molecule has 3 rings (SSSR count). The largest absolute Gasteiger partial charge is 0.494 e. The Labute approximate surface area is 147 Å². The summed E-state index contributed by atoms with van der Waals surface area (Å²) in [4.78, 5) is 0. The van der Waals surface area contributed by atoms with E-state index in [2.05, 4.69) is 30.1 Å². The van der Waals surface area contributed by atoms with Gasteiger partial charge in [0, 0.05) is 11.3 Å². The second-order valence-electron chi connectivity index (χ2n) is 6.01. The fourth-order valence-corrected chi connectivity index (χ4v) is 3.06. The smallest absolute Gasteiger partial charge is 0.244 e. The normalized spacial score (nSPS) is 16.1. The number of aromatic amines is 1. The topological polar surface area (TPSA) is 96.9 Å². The van der Waals surface area contributed by atoms with Gasteiger partial charge >= 0.3 is 0 Å². The van der Waals surface area contributed by atoms with Crippen LogP contribution in [0.25, 0.3) is 0 Å². The molecule has 0 bridgehead atoms. The van der Waals surface area contributed by atoms with E-state index < -0.39 is 0 Å². The Kier molecular flexibility index (Phi) is 4.94. The van der Waals surface area contributed by atoms with Gasteiger partial charge in [-0.05, 0) is 30.5 Å². The maximum atomic E-state index is 9.62. The summed E-state index contributed by atoms with van der Waals surface area (Å²) in [6, 6.07) is 9.99. The van der Waals surface area contributed by atoms with Crippen LogP contribution in [0.4, 0.5) is 0 Å². The van der Waals surface area contributed by atoms with Crippen LogP contribution in [-0.2, 0) is 6.42 Å². The first kappa shape index (κ1) is 16.9. The Morgan fingerprint density at radius 2 is 2.04 bits per heavy atom. The summed E-state index contributed by atoms with van der Waals surface area (Å²) in [6.07, 6.45) is 2.75. The summed E-state index contributed by atoms with van der Waals surface area (Å²) >= 11 is 0. The van der Waals surface area contributed by atoms with Crippen LogP contribution in [0, 0.1) is 11.3 Å². The number of fused-ring (bicyclic) bond motifs is 1. The van der Waals surface area contributed by atoms with Gasteiger partial charge in [-0.15, -0.1) is 5.10 Å². The minimum atomic E-state index is -0.283. The second-order valence-corrected chi connectivity index (χ2v) is 6.01. The van der Waals surface area contributed by atoms with Crippen LogP contribution >= 0.6 is 0 Å². The number of nitrogens with two attached hydrogens (primary N) is 1. The van der Waals surface area contributed by atoms with Crippen LogP contribution < -0.4 is 15.2 Å². The standard InChI is InChI=1S/C19H22N4O2/c1-3-5-15-17-16(12-6-8-13(9-7-12)24-10-4-2)14(11-20)18(21)25-19(17)23-22-15/h6-9,16H,3-5,10,21H2,1-2H3,(H,22,23). The van der Waals surface area contributed by atoms with Gasteiger partial charge in [0.05, 0.1) is 12.5 Å². The van der Waals surface area contributed by atoms with E-state index in [-0.39, 0.29) is 11.8 Å². The molecular formula is C19H22N4O2. The lowest BCUT2D eigenvalue weighted by Gasteiger charge is -2.24. The van der Waals surface area contributed by atoms with E-state index in [0.717, 1.165) is 41.8 Å². The van der Waals surface area contributed by atoms with Crippen molar-refractivity contribution < 1.29 is 9.47 Å². The number of ether oxygens (including phenoxy) is 2. The molecule has 3 N–H and O–H groups in total. The van der Waals surface area contributed by atoms with Gasteiger partial charge in [0.1, 0.15) is 17.4 Å². The van der Waals surface area contributed by atoms with Gasteiger partial charge < -0.3 is 15.2 Å². The lowest BCUT2D eigenvalue weighted by molar-refractivity contribution is 0.317. The highest BCUT2D eigenvalue weighted by atomic mass is 16.5. The third kappa shape index (κ3) is 3.18. The fraction of sp³-hybridized carbons (Fsp3) is 0.368. The van der Waals surface area contributed by atoms with Gasteiger partial charge in [-0.2, -0.15) is 5.26 Å². The van der Waals surface area contributed by atoms with Crippen LogP contribution in [0.2, 0.25) is 0 Å². The summed E-state index contributed by atoms with van der Waals surface area (Å²) in [5.74, 6) is 1.10. The third-order valence-corrected chi connectivity index (χ3v) is 4.20. The predicted octanol–water partition coefficient (Wildman–Crippen LogP) is 3.37. The molecule has 1 aliphatic rings. The molecule has 25 heavy (non-hydrogen) atoms. The molecular weight excluding hydrogens is 316 g/mol. The Hall–Kier alpha value is -2.94. The second kappa shape index (κ2) is 7.31. The van der Waals surface area contributed by atoms with E-state index in [1.54, 1.807) is 0 Å². The van der Waals surface area contributed by atoms with Crippen molar-refractivity contribution in [2.24, 2.45) is 5.73 Å². The molecule has 1 atom stereocenters. The van der Waals surface area contributed by atoms with Gasteiger partial charge in [0.15, 0.2) is 0 Å². The molecule has 0 amide bonds. The number of hydrogen-bond donors (Lipinski definition) is 2. The number of allylic oxidation sites excluding steroid dienone is 1. The Morgan fingerprint density at radius 1 is 1.28 bits per heavy atom. The Balaban J connectivity index is 2.03. The molecule has 1 unspecified atom stereocenters. The molecule has 0 fully saturated rings. The highest BCUT2D eigenvalue weighted by molar-refractivity contribution is 5.55. The van der Waals surface area contributed by atoms with Crippen LogP contribution in [0.15, 0.2) is 35.7 Å². The first-order chi connectivity index (χ1) is 12.2. The molecule has 0 saturated carbocycles. The molecule has 1 aromatic carbocycles. The van der Waals surface area contributed by atoms with Gasteiger partial charge in [0.2, 0.25) is 11.8 Å². The molecule has 0 aliphatic carbocycles. The maximum Gasteiger partial charge on any atom is 0.244 e. The minimum Gasteiger partial charge on any atom is -0.494 e. The van der Waals surface area contributed by atoms with Crippen LogP contribution in [0.1, 0.15) is 49.4 Å². The van der Waals surface area contributed by atoms with Crippen LogP contribution in [0.3, 0.4) is 0 Å². The number of H-pyrrole nitrogens is 1. The molecule has 0 spiro atoms. The van der Waals surface area contributed by atoms with E-state index in [1.807, 2.05) is 24.3 Å². The number of aryl methyl sites for hydroxylation is 1. The van der Waals surface area contributed by atoms with E-state index in [4.69, 9.17) is 15.2 Å². The summed E-state index contributed by atoms with van der Waals surface area (Å²) in [6.45, 7) is 4.85. The zero-order chi connectivity index (χ0) is 17.8. The summed E-state index contributed by atoms with van der Waals surface area (Å²) < 4.78 is 11.2. The van der Waals surface area contributed by atoms with Gasteiger partial charge in [-0.25, -0.2) is 0 Å². The maximum absolute atomic E-state index is 9.62. The van der Waals surface area contributed by atoms with E-state index in [0.29, 0.717) is 18.1 Å². The van der Waals surface area contributed by atoms with Gasteiger partial charge in [-0.1, -0.05) is 32.4 Å². The van der Waals surface area contributed by atoms with Crippen molar-refractivity contribution in [3.05, 3.63) is 52.5 Å². The first-order valence-corrected chi connectivity index (χ1v) is 8.57. The fourth-order valence-electron chi connectivity index (χ4n) is 3.06. The number of nitrogens with one attached hydrogen (secondary N) is 1. The molecule has 2 heterocycles. The van der Waals surface area contributed by atoms with E-state index in [1.165, 1.54) is 0 Å². The number of rotatable bonds is 6. The highest BCUT2D eigenvalue weighted by Crippen LogP contribution is 2.43. The van der Waals surface area contributed by atoms with Crippen molar-refractivity contribution in [3.8, 4) is 17.7 Å². The third-order valence-electron chi connectivity index (χ3n) is 4.20. The highest BCUT2D eigenvalue weighted by Gasteiger charge is 2.34. The molecule has 2 aromatic rings. The summed E-state index contributed by atoms with van der Waals surface area (Å²) in [5.41, 5.74) is 9.22. The van der Waals surface area contributed by atoms with E-state index >= 15 is 0 Å².